The maximum atomic E-state index is 13.0. The van der Waals surface area contributed by atoms with E-state index in [0.717, 1.165) is 6.20 Å². The Morgan fingerprint density at radius 2 is 2.12 bits per heavy atom. The first kappa shape index (κ1) is 16.5. The highest BCUT2D eigenvalue weighted by Crippen LogP contribution is 2.34. The fourth-order valence-corrected chi connectivity index (χ4v) is 2.24. The van der Waals surface area contributed by atoms with Crippen molar-refractivity contribution >= 4 is 17.5 Å². The fraction of sp³-hybridized carbons (Fsp3) is 0.500. The molecule has 0 aromatic carbocycles. The van der Waals surface area contributed by atoms with Crippen molar-refractivity contribution in [3.63, 3.8) is 0 Å². The molecule has 1 saturated heterocycles. The van der Waals surface area contributed by atoms with Gasteiger partial charge in [-0.1, -0.05) is 0 Å². The van der Waals surface area contributed by atoms with Gasteiger partial charge in [0.2, 0.25) is 5.95 Å². The third-order valence-electron chi connectivity index (χ3n) is 3.60. The van der Waals surface area contributed by atoms with Gasteiger partial charge in [0.15, 0.2) is 0 Å². The molecule has 3 rings (SSSR count). The molecule has 10 heteroatoms. The fourth-order valence-electron chi connectivity index (χ4n) is 2.24. The summed E-state index contributed by atoms with van der Waals surface area (Å²) in [7, 11) is 0. The Kier molecular flexibility index (Phi) is 4.31. The monoisotopic (exact) mass is 342 g/mol. The summed E-state index contributed by atoms with van der Waals surface area (Å²) in [6.07, 6.45) is -1.97. The molecule has 24 heavy (non-hydrogen) atoms. The summed E-state index contributed by atoms with van der Waals surface area (Å²) in [4.78, 5) is 7.71. The summed E-state index contributed by atoms with van der Waals surface area (Å²) < 4.78 is 45.8. The largest absolute Gasteiger partial charge is 0.421 e. The van der Waals surface area contributed by atoms with Crippen LogP contribution < -0.4 is 10.6 Å². The Balaban J connectivity index is 1.84. The molecule has 0 radical (unpaired) electrons. The molecule has 130 valence electrons. The number of hydrogen-bond acceptors (Lipinski definition) is 6. The minimum absolute atomic E-state index is 0.0754. The Hall–Kier alpha value is -2.36. The zero-order valence-electron chi connectivity index (χ0n) is 13.2. The lowest BCUT2D eigenvalue weighted by Crippen LogP contribution is -2.30. The lowest BCUT2D eigenvalue weighted by Gasteiger charge is -2.25. The van der Waals surface area contributed by atoms with E-state index in [9.17, 15) is 13.2 Å². The van der Waals surface area contributed by atoms with E-state index in [-0.39, 0.29) is 17.8 Å². The van der Waals surface area contributed by atoms with Gasteiger partial charge in [-0.2, -0.15) is 23.3 Å². The van der Waals surface area contributed by atoms with Gasteiger partial charge in [-0.3, -0.25) is 4.68 Å². The molecule has 0 aliphatic carbocycles. The summed E-state index contributed by atoms with van der Waals surface area (Å²) >= 11 is 0. The van der Waals surface area contributed by atoms with Gasteiger partial charge in [0.25, 0.3) is 0 Å². The Bertz CT molecular complexity index is 726. The third kappa shape index (κ3) is 3.28. The Labute approximate surface area is 136 Å². The second-order valence-electron chi connectivity index (χ2n) is 5.41. The summed E-state index contributed by atoms with van der Waals surface area (Å²) in [5.74, 6) is -0.175. The molecule has 0 saturated carbocycles. The van der Waals surface area contributed by atoms with Crippen LogP contribution in [0.5, 0.6) is 0 Å². The molecule has 0 spiro atoms. The zero-order chi connectivity index (χ0) is 17.3. The summed E-state index contributed by atoms with van der Waals surface area (Å²) in [5, 5.41) is 9.90. The van der Waals surface area contributed by atoms with E-state index in [2.05, 4.69) is 25.7 Å². The van der Waals surface area contributed by atoms with Crippen molar-refractivity contribution in [1.82, 2.24) is 19.7 Å². The molecule has 1 fully saturated rings. The topological polar surface area (TPSA) is 76.9 Å². The number of halogens is 3. The highest BCUT2D eigenvalue weighted by Gasteiger charge is 2.35. The highest BCUT2D eigenvalue weighted by molar-refractivity contribution is 5.58. The minimum Gasteiger partial charge on any atom is -0.377 e. The Morgan fingerprint density at radius 3 is 2.71 bits per heavy atom. The number of alkyl halides is 3. The van der Waals surface area contributed by atoms with Gasteiger partial charge >= 0.3 is 6.18 Å². The standard InChI is InChI=1S/C14H17F3N6O/c1-3-18-12-10(14(15,16)17)4-19-13(21-12)20-11-5-23(22-8(11)2)9-6-24-7-9/h4-5,9H,3,6-7H2,1-2H3,(H2,18,19,20,21). The molecule has 1 aliphatic rings. The molecule has 7 nitrogen and oxygen atoms in total. The molecule has 0 unspecified atom stereocenters. The van der Waals surface area contributed by atoms with Crippen LogP contribution in [0.3, 0.4) is 0 Å². The summed E-state index contributed by atoms with van der Waals surface area (Å²) in [5.41, 5.74) is 0.452. The van der Waals surface area contributed by atoms with Crippen molar-refractivity contribution in [1.29, 1.82) is 0 Å². The van der Waals surface area contributed by atoms with Crippen molar-refractivity contribution in [2.75, 3.05) is 30.4 Å². The maximum absolute atomic E-state index is 13.0. The highest BCUT2D eigenvalue weighted by atomic mass is 19.4. The van der Waals surface area contributed by atoms with E-state index in [1.54, 1.807) is 24.7 Å². The summed E-state index contributed by atoms with van der Waals surface area (Å²) in [6.45, 7) is 5.01. The number of aryl methyl sites for hydroxylation is 1. The lowest BCUT2D eigenvalue weighted by atomic mass is 10.3. The lowest BCUT2D eigenvalue weighted by molar-refractivity contribution is -0.137. The SMILES string of the molecule is CCNc1nc(Nc2cn(C3COC3)nc2C)ncc1C(F)(F)F. The first-order valence-electron chi connectivity index (χ1n) is 7.47. The van der Waals surface area contributed by atoms with Crippen molar-refractivity contribution in [2.45, 2.75) is 26.1 Å². The zero-order valence-corrected chi connectivity index (χ0v) is 13.2. The minimum atomic E-state index is -4.51. The van der Waals surface area contributed by atoms with E-state index < -0.39 is 11.7 Å². The molecule has 1 aliphatic heterocycles. The molecule has 0 bridgehead atoms. The van der Waals surface area contributed by atoms with Gasteiger partial charge < -0.3 is 15.4 Å². The normalized spacial score (nSPS) is 15.2. The quantitative estimate of drug-likeness (QED) is 0.870. The van der Waals surface area contributed by atoms with Crippen LogP contribution in [0.25, 0.3) is 0 Å². The van der Waals surface area contributed by atoms with Crippen LogP contribution >= 0.6 is 0 Å². The molecule has 2 aromatic rings. The number of ether oxygens (including phenoxy) is 1. The van der Waals surface area contributed by atoms with Crippen LogP contribution in [0.4, 0.5) is 30.6 Å². The predicted molar refractivity (Wildman–Crippen MR) is 81.3 cm³/mol. The van der Waals surface area contributed by atoms with E-state index in [0.29, 0.717) is 31.1 Å². The van der Waals surface area contributed by atoms with Gasteiger partial charge in [-0.15, -0.1) is 0 Å². The number of nitrogens with zero attached hydrogens (tertiary/aromatic N) is 4. The molecule has 2 N–H and O–H groups in total. The van der Waals surface area contributed by atoms with E-state index >= 15 is 0 Å². The van der Waals surface area contributed by atoms with Crippen LogP contribution in [0, 0.1) is 6.92 Å². The Morgan fingerprint density at radius 1 is 1.38 bits per heavy atom. The molecule has 2 aromatic heterocycles. The van der Waals surface area contributed by atoms with E-state index in [4.69, 9.17) is 4.74 Å². The van der Waals surface area contributed by atoms with Crippen LogP contribution in [-0.4, -0.2) is 39.5 Å². The average molecular weight is 342 g/mol. The van der Waals surface area contributed by atoms with Gasteiger partial charge in [0.05, 0.1) is 30.6 Å². The number of nitrogens with one attached hydrogen (secondary N) is 2. The van der Waals surface area contributed by atoms with Gasteiger partial charge in [0, 0.05) is 18.9 Å². The van der Waals surface area contributed by atoms with Crippen LogP contribution in [0.1, 0.15) is 24.2 Å². The van der Waals surface area contributed by atoms with Crippen molar-refractivity contribution in [3.05, 3.63) is 23.7 Å². The van der Waals surface area contributed by atoms with Crippen LogP contribution in [0.2, 0.25) is 0 Å². The second kappa shape index (κ2) is 6.27. The number of aromatic nitrogens is 4. The average Bonchev–Trinajstić information content (AvgIpc) is 2.77. The third-order valence-corrected chi connectivity index (χ3v) is 3.60. The number of rotatable bonds is 5. The molecular formula is C14H17F3N6O. The van der Waals surface area contributed by atoms with E-state index in [1.165, 1.54) is 0 Å². The predicted octanol–water partition coefficient (Wildman–Crippen LogP) is 2.75. The molecule has 0 atom stereocenters. The van der Waals surface area contributed by atoms with Crippen molar-refractivity contribution < 1.29 is 17.9 Å². The maximum Gasteiger partial charge on any atom is 0.421 e. The van der Waals surface area contributed by atoms with Crippen LogP contribution in [0.15, 0.2) is 12.4 Å². The van der Waals surface area contributed by atoms with Crippen molar-refractivity contribution in [3.8, 4) is 0 Å². The van der Waals surface area contributed by atoms with Gasteiger partial charge in [-0.25, -0.2) is 4.98 Å². The first-order valence-corrected chi connectivity index (χ1v) is 7.47. The molecule has 0 amide bonds. The first-order chi connectivity index (χ1) is 11.4. The van der Waals surface area contributed by atoms with Gasteiger partial charge in [-0.05, 0) is 13.8 Å². The smallest absolute Gasteiger partial charge is 0.377 e. The van der Waals surface area contributed by atoms with Gasteiger partial charge in [0.1, 0.15) is 11.4 Å². The summed E-state index contributed by atoms with van der Waals surface area (Å²) in [6, 6.07) is 0.185. The van der Waals surface area contributed by atoms with Crippen molar-refractivity contribution in [2.24, 2.45) is 0 Å². The van der Waals surface area contributed by atoms with E-state index in [1.807, 2.05) is 0 Å². The number of anilines is 3. The molecule has 3 heterocycles. The molecular weight excluding hydrogens is 325 g/mol. The second-order valence-corrected chi connectivity index (χ2v) is 5.41. The van der Waals surface area contributed by atoms with Crippen LogP contribution in [-0.2, 0) is 10.9 Å². The number of hydrogen-bond donors (Lipinski definition) is 2.